The van der Waals surface area contributed by atoms with Crippen LogP contribution in [0.5, 0.6) is 5.75 Å². The minimum atomic E-state index is -1.15. The van der Waals surface area contributed by atoms with Crippen molar-refractivity contribution in [1.82, 2.24) is 4.90 Å². The summed E-state index contributed by atoms with van der Waals surface area (Å²) in [5.74, 6) is -0.513. The van der Waals surface area contributed by atoms with Crippen LogP contribution in [0.25, 0.3) is 0 Å². The molecule has 26 heavy (non-hydrogen) atoms. The Morgan fingerprint density at radius 3 is 2.15 bits per heavy atom. The van der Waals surface area contributed by atoms with Crippen molar-refractivity contribution < 1.29 is 24.2 Å². The zero-order chi connectivity index (χ0) is 19.1. The molecule has 2 rings (SSSR count). The van der Waals surface area contributed by atoms with Crippen molar-refractivity contribution in [2.45, 2.75) is 32.5 Å². The summed E-state index contributed by atoms with van der Waals surface area (Å²) in [6.45, 7) is 3.59. The molecule has 6 nitrogen and oxygen atoms in total. The molecule has 0 aromatic heterocycles. The van der Waals surface area contributed by atoms with Crippen molar-refractivity contribution in [2.75, 3.05) is 7.11 Å². The van der Waals surface area contributed by atoms with E-state index in [1.54, 1.807) is 38.1 Å². The van der Waals surface area contributed by atoms with Crippen molar-refractivity contribution >= 4 is 12.1 Å². The SMILES string of the molecule is COc1ccc(C(C(=O)O)N(C(=O)OCc2ccccc2)C(C)C)cc1. The number of rotatable bonds is 7. The van der Waals surface area contributed by atoms with Crippen LogP contribution in [0.15, 0.2) is 54.6 Å². The third-order valence-electron chi connectivity index (χ3n) is 3.92. The average molecular weight is 357 g/mol. The summed E-state index contributed by atoms with van der Waals surface area (Å²) in [6, 6.07) is 14.3. The number of carboxylic acids is 1. The maximum absolute atomic E-state index is 12.6. The molecule has 1 N–H and O–H groups in total. The zero-order valence-electron chi connectivity index (χ0n) is 15.1. The Balaban J connectivity index is 2.22. The predicted molar refractivity (Wildman–Crippen MR) is 97.0 cm³/mol. The largest absolute Gasteiger partial charge is 0.497 e. The smallest absolute Gasteiger partial charge is 0.411 e. The van der Waals surface area contributed by atoms with E-state index in [4.69, 9.17) is 9.47 Å². The molecule has 0 saturated heterocycles. The van der Waals surface area contributed by atoms with E-state index < -0.39 is 18.1 Å². The monoisotopic (exact) mass is 357 g/mol. The molecular formula is C20H23NO5. The molecular weight excluding hydrogens is 334 g/mol. The van der Waals surface area contributed by atoms with E-state index in [-0.39, 0.29) is 12.6 Å². The van der Waals surface area contributed by atoms with Crippen molar-refractivity contribution in [1.29, 1.82) is 0 Å². The summed E-state index contributed by atoms with van der Waals surface area (Å²) in [6.07, 6.45) is -0.674. The molecule has 0 saturated carbocycles. The summed E-state index contributed by atoms with van der Waals surface area (Å²) in [5, 5.41) is 9.73. The van der Waals surface area contributed by atoms with Crippen molar-refractivity contribution in [3.8, 4) is 5.75 Å². The van der Waals surface area contributed by atoms with Crippen LogP contribution in [0.2, 0.25) is 0 Å². The van der Waals surface area contributed by atoms with Gasteiger partial charge in [0.2, 0.25) is 0 Å². The highest BCUT2D eigenvalue weighted by atomic mass is 16.6. The zero-order valence-corrected chi connectivity index (χ0v) is 15.1. The number of carboxylic acid groups (broad SMARTS) is 1. The van der Waals surface area contributed by atoms with Crippen LogP contribution in [-0.2, 0) is 16.1 Å². The summed E-state index contributed by atoms with van der Waals surface area (Å²) < 4.78 is 10.4. The molecule has 1 atom stereocenters. The third-order valence-corrected chi connectivity index (χ3v) is 3.92. The van der Waals surface area contributed by atoms with Gasteiger partial charge in [-0.2, -0.15) is 0 Å². The van der Waals surface area contributed by atoms with E-state index in [2.05, 4.69) is 0 Å². The van der Waals surface area contributed by atoms with Crippen molar-refractivity contribution in [3.05, 3.63) is 65.7 Å². The van der Waals surface area contributed by atoms with E-state index in [0.29, 0.717) is 11.3 Å². The molecule has 0 radical (unpaired) electrons. The van der Waals surface area contributed by atoms with E-state index in [1.165, 1.54) is 12.0 Å². The van der Waals surface area contributed by atoms with Gasteiger partial charge in [-0.25, -0.2) is 9.59 Å². The number of methoxy groups -OCH3 is 1. The molecule has 2 aromatic rings. The molecule has 2 aromatic carbocycles. The Kier molecular flexibility index (Phi) is 6.60. The average Bonchev–Trinajstić information content (AvgIpc) is 2.64. The van der Waals surface area contributed by atoms with E-state index in [1.807, 2.05) is 30.3 Å². The number of carbonyl (C=O) groups is 2. The fourth-order valence-electron chi connectivity index (χ4n) is 2.62. The van der Waals surface area contributed by atoms with Gasteiger partial charge < -0.3 is 14.6 Å². The van der Waals surface area contributed by atoms with Crippen LogP contribution in [0.3, 0.4) is 0 Å². The second-order valence-electron chi connectivity index (χ2n) is 6.06. The lowest BCUT2D eigenvalue weighted by atomic mass is 10.0. The summed E-state index contributed by atoms with van der Waals surface area (Å²) in [5.41, 5.74) is 1.31. The molecule has 0 fully saturated rings. The number of carbonyl (C=O) groups excluding carboxylic acids is 1. The predicted octanol–water partition coefficient (Wildman–Crippen LogP) is 3.87. The van der Waals surface area contributed by atoms with Gasteiger partial charge in [-0.15, -0.1) is 0 Å². The lowest BCUT2D eigenvalue weighted by Gasteiger charge is -2.32. The minimum Gasteiger partial charge on any atom is -0.497 e. The quantitative estimate of drug-likeness (QED) is 0.814. The lowest BCUT2D eigenvalue weighted by molar-refractivity contribution is -0.143. The van der Waals surface area contributed by atoms with Gasteiger partial charge in [0.1, 0.15) is 12.4 Å². The number of hydrogen-bond donors (Lipinski definition) is 1. The molecule has 0 bridgehead atoms. The van der Waals surface area contributed by atoms with Gasteiger partial charge >= 0.3 is 12.1 Å². The van der Waals surface area contributed by atoms with Gasteiger partial charge in [-0.1, -0.05) is 42.5 Å². The van der Waals surface area contributed by atoms with Gasteiger partial charge in [-0.3, -0.25) is 4.90 Å². The summed E-state index contributed by atoms with van der Waals surface area (Å²) in [7, 11) is 1.53. The number of amides is 1. The third kappa shape index (κ3) is 4.75. The van der Waals surface area contributed by atoms with Gasteiger partial charge in [0.25, 0.3) is 0 Å². The highest BCUT2D eigenvalue weighted by Crippen LogP contribution is 2.26. The molecule has 0 aliphatic heterocycles. The Morgan fingerprint density at radius 2 is 1.65 bits per heavy atom. The fraction of sp³-hybridized carbons (Fsp3) is 0.300. The van der Waals surface area contributed by atoms with E-state index in [9.17, 15) is 14.7 Å². The summed E-state index contributed by atoms with van der Waals surface area (Å²) in [4.78, 5) is 25.7. The maximum Gasteiger partial charge on any atom is 0.411 e. The molecule has 0 heterocycles. The second kappa shape index (κ2) is 8.89. The van der Waals surface area contributed by atoms with E-state index in [0.717, 1.165) is 5.56 Å². The highest BCUT2D eigenvalue weighted by Gasteiger charge is 2.34. The first-order valence-electron chi connectivity index (χ1n) is 8.29. The number of aliphatic carboxylic acids is 1. The van der Waals surface area contributed by atoms with E-state index >= 15 is 0 Å². The Bertz CT molecular complexity index is 728. The lowest BCUT2D eigenvalue weighted by Crippen LogP contribution is -2.43. The second-order valence-corrected chi connectivity index (χ2v) is 6.06. The van der Waals surface area contributed by atoms with Crippen molar-refractivity contribution in [2.24, 2.45) is 0 Å². The van der Waals surface area contributed by atoms with Crippen LogP contribution in [0, 0.1) is 0 Å². The van der Waals surface area contributed by atoms with Crippen LogP contribution in [0.1, 0.15) is 31.0 Å². The van der Waals surface area contributed by atoms with Gasteiger partial charge in [0, 0.05) is 6.04 Å². The molecule has 0 spiro atoms. The van der Waals surface area contributed by atoms with Gasteiger partial charge in [0.05, 0.1) is 7.11 Å². The molecule has 0 aliphatic carbocycles. The molecule has 0 aliphatic rings. The first-order chi connectivity index (χ1) is 12.4. The van der Waals surface area contributed by atoms with Crippen LogP contribution < -0.4 is 4.74 Å². The molecule has 1 amide bonds. The molecule has 138 valence electrons. The standard InChI is InChI=1S/C20H23NO5/c1-14(2)21(20(24)26-13-15-7-5-4-6-8-15)18(19(22)23)16-9-11-17(25-3)12-10-16/h4-12,14,18H,13H2,1-3H3,(H,22,23). The molecule has 1 unspecified atom stereocenters. The number of nitrogens with zero attached hydrogens (tertiary/aromatic N) is 1. The van der Waals surface area contributed by atoms with Crippen LogP contribution in [-0.4, -0.2) is 35.2 Å². The minimum absolute atomic E-state index is 0.0812. The number of benzene rings is 2. The Hall–Kier alpha value is -3.02. The molecule has 6 heteroatoms. The van der Waals surface area contributed by atoms with Gasteiger partial charge in [0.15, 0.2) is 6.04 Å². The van der Waals surface area contributed by atoms with Crippen LogP contribution in [0.4, 0.5) is 4.79 Å². The Morgan fingerprint density at radius 1 is 1.04 bits per heavy atom. The number of ether oxygens (including phenoxy) is 2. The first kappa shape index (κ1) is 19.3. The summed E-state index contributed by atoms with van der Waals surface area (Å²) >= 11 is 0. The highest BCUT2D eigenvalue weighted by molar-refractivity contribution is 5.81. The van der Waals surface area contributed by atoms with Crippen molar-refractivity contribution in [3.63, 3.8) is 0 Å². The van der Waals surface area contributed by atoms with Crippen LogP contribution >= 0.6 is 0 Å². The normalized spacial score (nSPS) is 11.7. The fourth-order valence-corrected chi connectivity index (χ4v) is 2.62. The Labute approximate surface area is 153 Å². The topological polar surface area (TPSA) is 76.1 Å². The van der Waals surface area contributed by atoms with Gasteiger partial charge in [-0.05, 0) is 37.1 Å². The number of hydrogen-bond acceptors (Lipinski definition) is 4. The first-order valence-corrected chi connectivity index (χ1v) is 8.29. The maximum atomic E-state index is 12.6.